The predicted octanol–water partition coefficient (Wildman–Crippen LogP) is 2.03. The van der Waals surface area contributed by atoms with E-state index in [4.69, 9.17) is 0 Å². The van der Waals surface area contributed by atoms with Crippen molar-refractivity contribution in [2.24, 2.45) is 4.99 Å². The molecule has 0 aliphatic heterocycles. The minimum absolute atomic E-state index is 0.240. The zero-order valence-corrected chi connectivity index (χ0v) is 13.3. The first-order valence-electron chi connectivity index (χ1n) is 7.24. The quantitative estimate of drug-likeness (QED) is 0.455. The Morgan fingerprint density at radius 1 is 1.22 bits per heavy atom. The molecule has 0 amide bonds. The standard InChI is InChI=1S/C15H22F4N4/c1-20-14(22-8-9-23(2)11-15(17,18)19)21-7-6-12-4-3-5-13(16)10-12/h3-5,10H,6-9,11H2,1-2H3,(H2,20,21,22). The predicted molar refractivity (Wildman–Crippen MR) is 83.0 cm³/mol. The third-order valence-corrected chi connectivity index (χ3v) is 3.05. The summed E-state index contributed by atoms with van der Waals surface area (Å²) in [6.07, 6.45) is -3.58. The molecule has 1 aromatic carbocycles. The second-order valence-electron chi connectivity index (χ2n) is 5.16. The molecule has 0 unspecified atom stereocenters. The highest BCUT2D eigenvalue weighted by Gasteiger charge is 2.28. The number of hydrogen-bond donors (Lipinski definition) is 2. The van der Waals surface area contributed by atoms with E-state index in [1.165, 1.54) is 24.1 Å². The molecule has 1 rings (SSSR count). The summed E-state index contributed by atoms with van der Waals surface area (Å²) in [6.45, 7) is 0.179. The van der Waals surface area contributed by atoms with Crippen molar-refractivity contribution in [3.63, 3.8) is 0 Å². The molecular formula is C15H22F4N4. The highest BCUT2D eigenvalue weighted by atomic mass is 19.4. The molecule has 0 heterocycles. The van der Waals surface area contributed by atoms with Crippen LogP contribution in [-0.2, 0) is 6.42 Å². The van der Waals surface area contributed by atoms with Crippen LogP contribution in [0.25, 0.3) is 0 Å². The summed E-state index contributed by atoms with van der Waals surface area (Å²) < 4.78 is 49.6. The summed E-state index contributed by atoms with van der Waals surface area (Å²) >= 11 is 0. The molecule has 130 valence electrons. The molecule has 0 aliphatic rings. The summed E-state index contributed by atoms with van der Waals surface area (Å²) in [5.74, 6) is 0.222. The summed E-state index contributed by atoms with van der Waals surface area (Å²) in [7, 11) is 2.99. The molecule has 0 radical (unpaired) electrons. The van der Waals surface area contributed by atoms with Crippen LogP contribution in [0.4, 0.5) is 17.6 Å². The molecule has 0 atom stereocenters. The van der Waals surface area contributed by atoms with Crippen LogP contribution in [0.1, 0.15) is 5.56 Å². The van der Waals surface area contributed by atoms with E-state index in [9.17, 15) is 17.6 Å². The number of aliphatic imine (C=N–C) groups is 1. The van der Waals surface area contributed by atoms with Crippen molar-refractivity contribution in [1.82, 2.24) is 15.5 Å². The molecular weight excluding hydrogens is 312 g/mol. The van der Waals surface area contributed by atoms with Crippen LogP contribution < -0.4 is 10.6 Å². The molecule has 2 N–H and O–H groups in total. The topological polar surface area (TPSA) is 39.7 Å². The second kappa shape index (κ2) is 9.34. The van der Waals surface area contributed by atoms with Gasteiger partial charge in [0.15, 0.2) is 5.96 Å². The average molecular weight is 334 g/mol. The number of nitrogens with one attached hydrogen (secondary N) is 2. The minimum Gasteiger partial charge on any atom is -0.356 e. The maximum Gasteiger partial charge on any atom is 0.401 e. The van der Waals surface area contributed by atoms with Gasteiger partial charge in [0.1, 0.15) is 5.82 Å². The van der Waals surface area contributed by atoms with Gasteiger partial charge in [0.2, 0.25) is 0 Å². The fraction of sp³-hybridized carbons (Fsp3) is 0.533. The van der Waals surface area contributed by atoms with E-state index < -0.39 is 12.7 Å². The molecule has 0 bridgehead atoms. The smallest absolute Gasteiger partial charge is 0.356 e. The molecule has 0 aromatic heterocycles. The monoisotopic (exact) mass is 334 g/mol. The largest absolute Gasteiger partial charge is 0.401 e. The number of nitrogens with zero attached hydrogens (tertiary/aromatic N) is 2. The molecule has 0 saturated carbocycles. The zero-order valence-electron chi connectivity index (χ0n) is 13.3. The second-order valence-corrected chi connectivity index (χ2v) is 5.16. The Kier molecular flexibility index (Phi) is 7.80. The van der Waals surface area contributed by atoms with Gasteiger partial charge in [-0.1, -0.05) is 12.1 Å². The van der Waals surface area contributed by atoms with Crippen LogP contribution in [0.3, 0.4) is 0 Å². The van der Waals surface area contributed by atoms with Gasteiger partial charge in [0.25, 0.3) is 0 Å². The summed E-state index contributed by atoms with van der Waals surface area (Å²) in [4.78, 5) is 5.18. The lowest BCUT2D eigenvalue weighted by atomic mass is 10.1. The molecule has 0 aliphatic carbocycles. The molecule has 8 heteroatoms. The van der Waals surface area contributed by atoms with Gasteiger partial charge in [-0.05, 0) is 31.2 Å². The number of guanidine groups is 1. The van der Waals surface area contributed by atoms with Crippen molar-refractivity contribution < 1.29 is 17.6 Å². The van der Waals surface area contributed by atoms with E-state index in [1.807, 2.05) is 6.07 Å². The third kappa shape index (κ3) is 9.02. The van der Waals surface area contributed by atoms with Crippen LogP contribution in [0.5, 0.6) is 0 Å². The average Bonchev–Trinajstić information content (AvgIpc) is 2.43. The van der Waals surface area contributed by atoms with E-state index in [1.54, 1.807) is 13.1 Å². The normalized spacial score (nSPS) is 12.6. The Balaban J connectivity index is 2.24. The fourth-order valence-corrected chi connectivity index (χ4v) is 1.99. The van der Waals surface area contributed by atoms with Crippen molar-refractivity contribution in [1.29, 1.82) is 0 Å². The van der Waals surface area contributed by atoms with Crippen LogP contribution in [0.15, 0.2) is 29.3 Å². The van der Waals surface area contributed by atoms with E-state index >= 15 is 0 Å². The highest BCUT2D eigenvalue weighted by molar-refractivity contribution is 5.79. The van der Waals surface area contributed by atoms with Crippen molar-refractivity contribution in [3.05, 3.63) is 35.6 Å². The highest BCUT2D eigenvalue weighted by Crippen LogP contribution is 2.14. The molecule has 1 aromatic rings. The molecule has 23 heavy (non-hydrogen) atoms. The number of likely N-dealkylation sites (N-methyl/N-ethyl adjacent to an activating group) is 1. The SMILES string of the molecule is CN=C(NCCc1cccc(F)c1)NCCN(C)CC(F)(F)F. The lowest BCUT2D eigenvalue weighted by Gasteiger charge is -2.19. The molecule has 4 nitrogen and oxygen atoms in total. The zero-order chi connectivity index (χ0) is 17.3. The Morgan fingerprint density at radius 2 is 1.91 bits per heavy atom. The van der Waals surface area contributed by atoms with Crippen LogP contribution in [-0.4, -0.2) is 57.3 Å². The Bertz CT molecular complexity index is 502. The van der Waals surface area contributed by atoms with Gasteiger partial charge in [0, 0.05) is 26.7 Å². The number of benzene rings is 1. The van der Waals surface area contributed by atoms with Crippen molar-refractivity contribution >= 4 is 5.96 Å². The van der Waals surface area contributed by atoms with Gasteiger partial charge in [-0.3, -0.25) is 9.89 Å². The van der Waals surface area contributed by atoms with Gasteiger partial charge >= 0.3 is 6.18 Å². The third-order valence-electron chi connectivity index (χ3n) is 3.05. The molecule has 0 fully saturated rings. The summed E-state index contributed by atoms with van der Waals surface area (Å²) in [5, 5.41) is 5.97. The Labute approximate surface area is 133 Å². The van der Waals surface area contributed by atoms with Gasteiger partial charge in [-0.2, -0.15) is 13.2 Å². The van der Waals surface area contributed by atoms with Gasteiger partial charge in [-0.25, -0.2) is 4.39 Å². The maximum atomic E-state index is 13.0. The number of hydrogen-bond acceptors (Lipinski definition) is 2. The number of rotatable bonds is 7. The van der Waals surface area contributed by atoms with E-state index in [-0.39, 0.29) is 12.4 Å². The van der Waals surface area contributed by atoms with Crippen molar-refractivity contribution in [2.75, 3.05) is 40.3 Å². The minimum atomic E-state index is -4.19. The number of halogens is 4. The first-order valence-corrected chi connectivity index (χ1v) is 7.24. The van der Waals surface area contributed by atoms with E-state index in [2.05, 4.69) is 15.6 Å². The Hall–Kier alpha value is -1.83. The molecule has 0 spiro atoms. The van der Waals surface area contributed by atoms with E-state index in [0.29, 0.717) is 25.5 Å². The van der Waals surface area contributed by atoms with Gasteiger partial charge < -0.3 is 10.6 Å². The van der Waals surface area contributed by atoms with Gasteiger partial charge in [-0.15, -0.1) is 0 Å². The molecule has 0 saturated heterocycles. The fourth-order valence-electron chi connectivity index (χ4n) is 1.99. The van der Waals surface area contributed by atoms with Gasteiger partial charge in [0.05, 0.1) is 6.54 Å². The van der Waals surface area contributed by atoms with Crippen LogP contribution in [0.2, 0.25) is 0 Å². The van der Waals surface area contributed by atoms with Crippen LogP contribution in [0, 0.1) is 5.82 Å². The number of alkyl halides is 3. The van der Waals surface area contributed by atoms with E-state index in [0.717, 1.165) is 5.56 Å². The van der Waals surface area contributed by atoms with Crippen molar-refractivity contribution in [3.8, 4) is 0 Å². The van der Waals surface area contributed by atoms with Crippen molar-refractivity contribution in [2.45, 2.75) is 12.6 Å². The lowest BCUT2D eigenvalue weighted by Crippen LogP contribution is -2.42. The summed E-state index contributed by atoms with van der Waals surface area (Å²) in [5.41, 5.74) is 0.859. The van der Waals surface area contributed by atoms with Crippen LogP contribution >= 0.6 is 0 Å². The maximum absolute atomic E-state index is 13.0. The summed E-state index contributed by atoms with van der Waals surface area (Å²) in [6, 6.07) is 6.32. The first-order chi connectivity index (χ1) is 10.8. The first kappa shape index (κ1) is 19.2. The Morgan fingerprint density at radius 3 is 2.52 bits per heavy atom. The lowest BCUT2D eigenvalue weighted by molar-refractivity contribution is -0.142.